The zero-order valence-electron chi connectivity index (χ0n) is 20.8. The summed E-state index contributed by atoms with van der Waals surface area (Å²) in [6.07, 6.45) is 9.83. The molecule has 3 amide bonds. The number of carbonyl (C=O) groups excluding carboxylic acids is 3. The third-order valence-electron chi connectivity index (χ3n) is 5.67. The molecule has 0 aromatic heterocycles. The minimum Gasteiger partial charge on any atom is -0.508 e. The van der Waals surface area contributed by atoms with Crippen LogP contribution in [0.5, 0.6) is 5.75 Å². The lowest BCUT2D eigenvalue weighted by Gasteiger charge is -2.33. The van der Waals surface area contributed by atoms with Crippen LogP contribution in [0.25, 0.3) is 0 Å². The Kier molecular flexibility index (Phi) is 9.36. The van der Waals surface area contributed by atoms with Crippen LogP contribution >= 0.6 is 0 Å². The van der Waals surface area contributed by atoms with E-state index in [0.717, 1.165) is 37.0 Å². The van der Waals surface area contributed by atoms with E-state index in [1.807, 2.05) is 0 Å². The molecule has 34 heavy (non-hydrogen) atoms. The molecule has 2 unspecified atom stereocenters. The number of nitrogens with one attached hydrogen (secondary N) is 2. The molecule has 0 saturated heterocycles. The first kappa shape index (κ1) is 27.0. The number of carbonyl (C=O) groups is 3. The molecule has 1 aliphatic carbocycles. The molecule has 0 bridgehead atoms. The standard InChI is InChI=1S/C26H37N3O5/c1-7-29(24(32)21(17(2)3)28-25(33)34-26(4,5)6)22(19-15-11-12-16-20(19)30)23(31)27-18-13-9-8-10-14-18/h1,11-12,15-18,21-22,30H,8-10,13-14H2,2-6H3,(H,27,31)(H,28,33). The molecular formula is C26H37N3O5. The smallest absolute Gasteiger partial charge is 0.408 e. The van der Waals surface area contributed by atoms with Gasteiger partial charge in [-0.2, -0.15) is 0 Å². The Balaban J connectivity index is 2.38. The minimum absolute atomic E-state index is 0.0230. The Morgan fingerprint density at radius 3 is 2.29 bits per heavy atom. The van der Waals surface area contributed by atoms with Crippen molar-refractivity contribution in [2.45, 2.75) is 90.4 Å². The van der Waals surface area contributed by atoms with Crippen molar-refractivity contribution < 1.29 is 24.2 Å². The van der Waals surface area contributed by atoms with Gasteiger partial charge in [-0.1, -0.05) is 57.7 Å². The van der Waals surface area contributed by atoms with Gasteiger partial charge in [0.1, 0.15) is 17.4 Å². The predicted octanol–water partition coefficient (Wildman–Crippen LogP) is 3.85. The quantitative estimate of drug-likeness (QED) is 0.414. The Labute approximate surface area is 202 Å². The fraction of sp³-hybridized carbons (Fsp3) is 0.577. The molecule has 1 aromatic rings. The van der Waals surface area contributed by atoms with E-state index in [9.17, 15) is 19.5 Å². The van der Waals surface area contributed by atoms with E-state index in [1.165, 1.54) is 6.07 Å². The Hall–Kier alpha value is -3.21. The van der Waals surface area contributed by atoms with Gasteiger partial charge in [0.25, 0.3) is 5.91 Å². The van der Waals surface area contributed by atoms with E-state index in [0.29, 0.717) is 0 Å². The lowest BCUT2D eigenvalue weighted by atomic mass is 9.94. The molecule has 1 aliphatic rings. The van der Waals surface area contributed by atoms with Crippen molar-refractivity contribution in [2.24, 2.45) is 5.92 Å². The van der Waals surface area contributed by atoms with Crippen molar-refractivity contribution in [2.75, 3.05) is 0 Å². The van der Waals surface area contributed by atoms with E-state index in [2.05, 4.69) is 16.7 Å². The first-order valence-corrected chi connectivity index (χ1v) is 11.8. The summed E-state index contributed by atoms with van der Waals surface area (Å²) in [5.41, 5.74) is -0.541. The van der Waals surface area contributed by atoms with Gasteiger partial charge in [0, 0.05) is 17.6 Å². The van der Waals surface area contributed by atoms with Gasteiger partial charge < -0.3 is 20.5 Å². The van der Waals surface area contributed by atoms with E-state index >= 15 is 0 Å². The molecule has 186 valence electrons. The first-order valence-electron chi connectivity index (χ1n) is 11.8. The number of ether oxygens (including phenoxy) is 1. The third kappa shape index (κ3) is 7.41. The molecule has 0 aliphatic heterocycles. The van der Waals surface area contributed by atoms with Gasteiger partial charge in [-0.05, 0) is 45.6 Å². The number of nitrogens with zero attached hydrogens (tertiary/aromatic N) is 1. The fourth-order valence-corrected chi connectivity index (χ4v) is 4.01. The molecule has 1 fully saturated rings. The van der Waals surface area contributed by atoms with Crippen LogP contribution in [-0.2, 0) is 14.3 Å². The van der Waals surface area contributed by atoms with Crippen molar-refractivity contribution in [3.8, 4) is 18.2 Å². The summed E-state index contributed by atoms with van der Waals surface area (Å²) in [5, 5.41) is 16.1. The number of amides is 3. The zero-order valence-corrected chi connectivity index (χ0v) is 20.8. The van der Waals surface area contributed by atoms with Crippen LogP contribution in [0.2, 0.25) is 0 Å². The summed E-state index contributed by atoms with van der Waals surface area (Å²) in [5.74, 6) is -1.61. The molecule has 8 heteroatoms. The summed E-state index contributed by atoms with van der Waals surface area (Å²) >= 11 is 0. The van der Waals surface area contributed by atoms with Crippen molar-refractivity contribution in [1.82, 2.24) is 15.5 Å². The average Bonchev–Trinajstić information content (AvgIpc) is 2.75. The van der Waals surface area contributed by atoms with Crippen LogP contribution in [0.3, 0.4) is 0 Å². The molecule has 1 saturated carbocycles. The largest absolute Gasteiger partial charge is 0.508 e. The number of hydrogen-bond donors (Lipinski definition) is 3. The summed E-state index contributed by atoms with van der Waals surface area (Å²) in [6, 6.07) is 6.28. The number of benzene rings is 1. The topological polar surface area (TPSA) is 108 Å². The van der Waals surface area contributed by atoms with Crippen LogP contribution < -0.4 is 10.6 Å². The van der Waals surface area contributed by atoms with E-state index < -0.39 is 35.6 Å². The highest BCUT2D eigenvalue weighted by Crippen LogP contribution is 2.30. The number of para-hydroxylation sites is 1. The number of alkyl carbamates (subject to hydrolysis) is 1. The molecule has 0 radical (unpaired) electrons. The maximum atomic E-state index is 13.6. The lowest BCUT2D eigenvalue weighted by Crippen LogP contribution is -2.54. The normalized spacial score (nSPS) is 16.1. The van der Waals surface area contributed by atoms with Gasteiger partial charge >= 0.3 is 6.09 Å². The molecular weight excluding hydrogens is 434 g/mol. The Morgan fingerprint density at radius 2 is 1.76 bits per heavy atom. The predicted molar refractivity (Wildman–Crippen MR) is 130 cm³/mol. The molecule has 2 atom stereocenters. The van der Waals surface area contributed by atoms with Crippen LogP contribution in [0, 0.1) is 18.4 Å². The highest BCUT2D eigenvalue weighted by atomic mass is 16.6. The zero-order chi connectivity index (χ0) is 25.5. The lowest BCUT2D eigenvalue weighted by molar-refractivity contribution is -0.139. The monoisotopic (exact) mass is 471 g/mol. The first-order chi connectivity index (χ1) is 15.9. The van der Waals surface area contributed by atoms with E-state index in [-0.39, 0.29) is 23.3 Å². The highest BCUT2D eigenvalue weighted by Gasteiger charge is 2.38. The number of phenolic OH excluding ortho intramolecular Hbond substituents is 1. The summed E-state index contributed by atoms with van der Waals surface area (Å²) in [7, 11) is 0. The molecule has 1 aromatic carbocycles. The molecule has 3 N–H and O–H groups in total. The molecule has 0 spiro atoms. The average molecular weight is 472 g/mol. The maximum Gasteiger partial charge on any atom is 0.408 e. The Morgan fingerprint density at radius 1 is 1.15 bits per heavy atom. The second-order valence-corrected chi connectivity index (χ2v) is 10.0. The number of rotatable bonds is 7. The van der Waals surface area contributed by atoms with Gasteiger partial charge in [-0.25, -0.2) is 4.79 Å². The summed E-state index contributed by atoms with van der Waals surface area (Å²) in [4.78, 5) is 40.4. The third-order valence-corrected chi connectivity index (χ3v) is 5.67. The minimum atomic E-state index is -1.26. The number of phenols is 1. The van der Waals surface area contributed by atoms with Crippen LogP contribution in [0.4, 0.5) is 4.79 Å². The molecule has 0 heterocycles. The number of terminal acetylenes is 1. The number of aromatic hydroxyl groups is 1. The van der Waals surface area contributed by atoms with Crippen LogP contribution in [0.15, 0.2) is 24.3 Å². The van der Waals surface area contributed by atoms with Crippen LogP contribution in [0.1, 0.15) is 78.3 Å². The van der Waals surface area contributed by atoms with Crippen molar-refractivity contribution >= 4 is 17.9 Å². The van der Waals surface area contributed by atoms with Gasteiger partial charge in [0.2, 0.25) is 5.91 Å². The van der Waals surface area contributed by atoms with Crippen LogP contribution in [-0.4, -0.2) is 45.6 Å². The molecule has 2 rings (SSSR count). The fourth-order valence-electron chi connectivity index (χ4n) is 4.01. The van der Waals surface area contributed by atoms with Gasteiger partial charge in [0.05, 0.1) is 0 Å². The second-order valence-electron chi connectivity index (χ2n) is 10.0. The maximum absolute atomic E-state index is 13.6. The second kappa shape index (κ2) is 11.8. The van der Waals surface area contributed by atoms with Gasteiger partial charge in [0.15, 0.2) is 6.04 Å². The van der Waals surface area contributed by atoms with Gasteiger partial charge in [-0.3, -0.25) is 14.5 Å². The highest BCUT2D eigenvalue weighted by molar-refractivity contribution is 5.93. The molecule has 8 nitrogen and oxygen atoms in total. The SMILES string of the molecule is C#CN(C(=O)C(NC(=O)OC(C)(C)C)C(C)C)C(C(=O)NC1CCCCC1)c1ccccc1O. The van der Waals surface area contributed by atoms with Gasteiger partial charge in [-0.15, -0.1) is 0 Å². The Bertz CT molecular complexity index is 910. The summed E-state index contributed by atoms with van der Waals surface area (Å²) in [6.45, 7) is 8.67. The van der Waals surface area contributed by atoms with Crippen molar-refractivity contribution in [1.29, 1.82) is 0 Å². The van der Waals surface area contributed by atoms with E-state index in [1.54, 1.807) is 52.8 Å². The number of hydrogen-bond acceptors (Lipinski definition) is 5. The summed E-state index contributed by atoms with van der Waals surface area (Å²) < 4.78 is 5.30. The van der Waals surface area contributed by atoms with Crippen molar-refractivity contribution in [3.05, 3.63) is 29.8 Å². The van der Waals surface area contributed by atoms with Crippen molar-refractivity contribution in [3.63, 3.8) is 0 Å². The van der Waals surface area contributed by atoms with E-state index in [4.69, 9.17) is 11.2 Å².